The molecule has 0 aromatic heterocycles. The van der Waals surface area contributed by atoms with Gasteiger partial charge in [0.1, 0.15) is 24.7 Å². The van der Waals surface area contributed by atoms with Gasteiger partial charge in [0.2, 0.25) is 5.79 Å². The molecule has 0 aliphatic carbocycles. The van der Waals surface area contributed by atoms with Crippen molar-refractivity contribution >= 4 is 0 Å². The second-order valence-electron chi connectivity index (χ2n) is 5.28. The summed E-state index contributed by atoms with van der Waals surface area (Å²) in [6.07, 6.45) is 0. The normalized spacial score (nSPS) is 19.4. The number of fused-ring (bicyclic) bond motifs is 2. The second kappa shape index (κ2) is 5.06. The molecule has 21 heavy (non-hydrogen) atoms. The van der Waals surface area contributed by atoms with Crippen LogP contribution in [0.3, 0.4) is 0 Å². The van der Waals surface area contributed by atoms with E-state index in [1.54, 1.807) is 0 Å². The summed E-state index contributed by atoms with van der Waals surface area (Å²) in [7, 11) is 0. The van der Waals surface area contributed by atoms with Crippen molar-refractivity contribution in [3.8, 4) is 11.5 Å². The van der Waals surface area contributed by atoms with Gasteiger partial charge in [-0.05, 0) is 12.1 Å². The van der Waals surface area contributed by atoms with Gasteiger partial charge in [-0.3, -0.25) is 0 Å². The smallest absolute Gasteiger partial charge is 0.238 e. The molecule has 0 fully saturated rings. The molecule has 2 heterocycles. The van der Waals surface area contributed by atoms with E-state index in [1.165, 1.54) is 0 Å². The van der Waals surface area contributed by atoms with Crippen LogP contribution in [0.5, 0.6) is 11.5 Å². The van der Waals surface area contributed by atoms with Crippen LogP contribution in [0.1, 0.15) is 11.1 Å². The number of hydrogen-bond acceptors (Lipinski definition) is 4. The lowest BCUT2D eigenvalue weighted by atomic mass is 10.2. The van der Waals surface area contributed by atoms with E-state index in [2.05, 4.69) is 0 Å². The molecule has 2 aromatic carbocycles. The second-order valence-corrected chi connectivity index (χ2v) is 5.28. The van der Waals surface area contributed by atoms with Gasteiger partial charge in [0.05, 0.1) is 13.2 Å². The molecule has 2 aromatic rings. The molecule has 1 spiro atoms. The van der Waals surface area contributed by atoms with Crippen molar-refractivity contribution in [2.45, 2.75) is 19.0 Å². The minimum Gasteiger partial charge on any atom is -0.487 e. The standard InChI is InChI=1S/C17H16O4/c1-3-7-15-13(5-1)9-20-17(11-18-15)12-19-16-8-4-2-6-14(16)10-21-17/h1-8H,9-12H2. The fraction of sp³-hybridized carbons (Fsp3) is 0.294. The summed E-state index contributed by atoms with van der Waals surface area (Å²) < 4.78 is 23.7. The first kappa shape index (κ1) is 12.7. The van der Waals surface area contributed by atoms with E-state index in [0.717, 1.165) is 22.6 Å². The average molecular weight is 284 g/mol. The summed E-state index contributed by atoms with van der Waals surface area (Å²) in [6.45, 7) is 1.54. The van der Waals surface area contributed by atoms with Crippen LogP contribution < -0.4 is 9.47 Å². The Balaban J connectivity index is 1.57. The topological polar surface area (TPSA) is 36.9 Å². The number of rotatable bonds is 0. The number of para-hydroxylation sites is 2. The van der Waals surface area contributed by atoms with E-state index in [0.29, 0.717) is 26.4 Å². The molecule has 108 valence electrons. The van der Waals surface area contributed by atoms with Gasteiger partial charge >= 0.3 is 0 Å². The van der Waals surface area contributed by atoms with E-state index >= 15 is 0 Å². The Morgan fingerprint density at radius 3 is 1.67 bits per heavy atom. The first-order chi connectivity index (χ1) is 10.3. The first-order valence-electron chi connectivity index (χ1n) is 7.04. The third kappa shape index (κ3) is 2.37. The van der Waals surface area contributed by atoms with E-state index in [9.17, 15) is 0 Å². The molecular weight excluding hydrogens is 268 g/mol. The van der Waals surface area contributed by atoms with Gasteiger partial charge in [-0.1, -0.05) is 36.4 Å². The maximum atomic E-state index is 6.00. The molecule has 0 saturated carbocycles. The highest BCUT2D eigenvalue weighted by Crippen LogP contribution is 2.32. The molecule has 4 nitrogen and oxygen atoms in total. The number of benzene rings is 2. The molecule has 0 unspecified atom stereocenters. The summed E-state index contributed by atoms with van der Waals surface area (Å²) in [6, 6.07) is 15.8. The monoisotopic (exact) mass is 284 g/mol. The minimum absolute atomic E-state index is 0.317. The van der Waals surface area contributed by atoms with E-state index < -0.39 is 5.79 Å². The molecule has 2 aliphatic heterocycles. The van der Waals surface area contributed by atoms with Crippen molar-refractivity contribution in [3.63, 3.8) is 0 Å². The largest absolute Gasteiger partial charge is 0.487 e. The van der Waals surface area contributed by atoms with Gasteiger partial charge in [0.25, 0.3) is 0 Å². The molecule has 2 aliphatic rings. The van der Waals surface area contributed by atoms with Gasteiger partial charge in [-0.25, -0.2) is 0 Å². The molecule has 0 bridgehead atoms. The quantitative estimate of drug-likeness (QED) is 0.745. The summed E-state index contributed by atoms with van der Waals surface area (Å²) >= 11 is 0. The minimum atomic E-state index is -0.863. The lowest BCUT2D eigenvalue weighted by molar-refractivity contribution is -0.265. The first-order valence-corrected chi connectivity index (χ1v) is 7.04. The molecule has 4 heteroatoms. The summed E-state index contributed by atoms with van der Waals surface area (Å²) in [5.41, 5.74) is 2.06. The van der Waals surface area contributed by atoms with Crippen LogP contribution in [0, 0.1) is 0 Å². The summed E-state index contributed by atoms with van der Waals surface area (Å²) in [4.78, 5) is 0. The van der Waals surface area contributed by atoms with Gasteiger partial charge in [0.15, 0.2) is 0 Å². The Hall–Kier alpha value is -2.04. The van der Waals surface area contributed by atoms with Crippen LogP contribution in [0.15, 0.2) is 48.5 Å². The Morgan fingerprint density at radius 1 is 0.667 bits per heavy atom. The maximum Gasteiger partial charge on any atom is 0.238 e. The molecule has 0 N–H and O–H groups in total. The third-order valence-electron chi connectivity index (χ3n) is 3.82. The molecule has 0 amide bonds. The van der Waals surface area contributed by atoms with Gasteiger partial charge in [0, 0.05) is 11.1 Å². The van der Waals surface area contributed by atoms with E-state index in [-0.39, 0.29) is 0 Å². The maximum absolute atomic E-state index is 6.00. The van der Waals surface area contributed by atoms with E-state index in [4.69, 9.17) is 18.9 Å². The Morgan fingerprint density at radius 2 is 1.14 bits per heavy atom. The lowest BCUT2D eigenvalue weighted by Crippen LogP contribution is -2.45. The molecule has 0 atom stereocenters. The predicted molar refractivity (Wildman–Crippen MR) is 76.2 cm³/mol. The zero-order chi connectivity index (χ0) is 14.1. The zero-order valence-corrected chi connectivity index (χ0v) is 11.6. The predicted octanol–water partition coefficient (Wildman–Crippen LogP) is 2.90. The van der Waals surface area contributed by atoms with Crippen LogP contribution in [-0.2, 0) is 22.7 Å². The Kier molecular flexibility index (Phi) is 3.05. The van der Waals surface area contributed by atoms with Crippen LogP contribution in [0.25, 0.3) is 0 Å². The van der Waals surface area contributed by atoms with Crippen molar-refractivity contribution < 1.29 is 18.9 Å². The van der Waals surface area contributed by atoms with Crippen molar-refractivity contribution in [1.82, 2.24) is 0 Å². The molecule has 0 saturated heterocycles. The van der Waals surface area contributed by atoms with Crippen molar-refractivity contribution in [2.75, 3.05) is 13.2 Å². The highest BCUT2D eigenvalue weighted by atomic mass is 16.7. The highest BCUT2D eigenvalue weighted by Gasteiger charge is 2.39. The zero-order valence-electron chi connectivity index (χ0n) is 11.6. The third-order valence-corrected chi connectivity index (χ3v) is 3.82. The van der Waals surface area contributed by atoms with Gasteiger partial charge in [-0.2, -0.15) is 0 Å². The van der Waals surface area contributed by atoms with Crippen LogP contribution in [-0.4, -0.2) is 19.0 Å². The Bertz CT molecular complexity index is 538. The Labute approximate surface area is 123 Å². The fourth-order valence-electron chi connectivity index (χ4n) is 2.57. The van der Waals surface area contributed by atoms with Crippen molar-refractivity contribution in [1.29, 1.82) is 0 Å². The van der Waals surface area contributed by atoms with Gasteiger partial charge < -0.3 is 18.9 Å². The van der Waals surface area contributed by atoms with Crippen LogP contribution >= 0.6 is 0 Å². The van der Waals surface area contributed by atoms with Crippen LogP contribution in [0.2, 0.25) is 0 Å². The van der Waals surface area contributed by atoms with Gasteiger partial charge in [-0.15, -0.1) is 0 Å². The molecule has 0 radical (unpaired) electrons. The summed E-state index contributed by atoms with van der Waals surface area (Å²) in [5, 5.41) is 0. The summed E-state index contributed by atoms with van der Waals surface area (Å²) in [5.74, 6) is 0.831. The average Bonchev–Trinajstić information content (AvgIpc) is 2.84. The lowest BCUT2D eigenvalue weighted by Gasteiger charge is -2.29. The highest BCUT2D eigenvalue weighted by molar-refractivity contribution is 5.35. The number of hydrogen-bond donors (Lipinski definition) is 0. The van der Waals surface area contributed by atoms with E-state index in [1.807, 2.05) is 48.5 Å². The SMILES string of the molecule is c1ccc2c(c1)COC1(CO2)COc2ccccc2CO1. The van der Waals surface area contributed by atoms with Crippen molar-refractivity contribution in [3.05, 3.63) is 59.7 Å². The number of ether oxygens (including phenoxy) is 4. The molecule has 4 rings (SSSR count). The van der Waals surface area contributed by atoms with Crippen LogP contribution in [0.4, 0.5) is 0 Å². The molecular formula is C17H16O4. The fourth-order valence-corrected chi connectivity index (χ4v) is 2.57. The van der Waals surface area contributed by atoms with Crippen molar-refractivity contribution in [2.24, 2.45) is 0 Å².